The molecule has 0 N–H and O–H groups in total. The number of fused-ring (bicyclic) bond motifs is 2. The van der Waals surface area contributed by atoms with Crippen LogP contribution in [0.5, 0.6) is 0 Å². The van der Waals surface area contributed by atoms with E-state index in [1.807, 2.05) is 12.1 Å². The molecule has 0 spiro atoms. The Kier molecular flexibility index (Phi) is 4.23. The number of hydrogen-bond acceptors (Lipinski definition) is 7. The van der Waals surface area contributed by atoms with E-state index in [4.69, 9.17) is 4.42 Å². The summed E-state index contributed by atoms with van der Waals surface area (Å²) >= 11 is 3.29. The third-order valence-electron chi connectivity index (χ3n) is 4.13. The molecule has 0 radical (unpaired) electrons. The molecule has 0 atom stereocenters. The Bertz CT molecular complexity index is 1060. The van der Waals surface area contributed by atoms with Gasteiger partial charge in [0, 0.05) is 9.79 Å². The second-order valence-corrected chi connectivity index (χ2v) is 8.00. The first-order chi connectivity index (χ1) is 13.4. The molecule has 1 aliphatic heterocycles. The van der Waals surface area contributed by atoms with E-state index in [1.54, 1.807) is 24.2 Å². The van der Waals surface area contributed by atoms with Gasteiger partial charge in [-0.1, -0.05) is 47.4 Å². The lowest BCUT2D eigenvalue weighted by atomic mass is 10.2. The standard InChI is InChI=1S/C20H14N4OS2/c1-3-9-17-15(7-1)24(16-8-2-4-10-18(16)26-17)13-19-22-23-20(27-19)21-12-14-6-5-11-25-14/h1-12H,13H2/b21-12+. The van der Waals surface area contributed by atoms with Crippen LogP contribution in [-0.2, 0) is 6.54 Å². The maximum absolute atomic E-state index is 5.26. The number of benzene rings is 2. The summed E-state index contributed by atoms with van der Waals surface area (Å²) < 4.78 is 5.26. The number of para-hydroxylation sites is 2. The second kappa shape index (κ2) is 7.02. The van der Waals surface area contributed by atoms with Crippen molar-refractivity contribution < 1.29 is 4.42 Å². The van der Waals surface area contributed by atoms with Gasteiger partial charge in [-0.3, -0.25) is 0 Å². The summed E-state index contributed by atoms with van der Waals surface area (Å²) in [7, 11) is 0. The van der Waals surface area contributed by atoms with E-state index in [0.29, 0.717) is 17.4 Å². The molecular formula is C20H14N4OS2. The Morgan fingerprint density at radius 1 is 0.926 bits per heavy atom. The minimum Gasteiger partial charge on any atom is -0.463 e. The van der Waals surface area contributed by atoms with E-state index in [9.17, 15) is 0 Å². The summed E-state index contributed by atoms with van der Waals surface area (Å²) in [5.41, 5.74) is 2.38. The zero-order valence-corrected chi connectivity index (χ0v) is 15.8. The van der Waals surface area contributed by atoms with Crippen LogP contribution in [-0.4, -0.2) is 16.4 Å². The fraction of sp³-hybridized carbons (Fsp3) is 0.0500. The van der Waals surface area contributed by atoms with Crippen LogP contribution >= 0.6 is 23.1 Å². The fourth-order valence-electron chi connectivity index (χ4n) is 2.93. The average Bonchev–Trinajstić information content (AvgIpc) is 3.38. The minimum absolute atomic E-state index is 0.620. The predicted octanol–water partition coefficient (Wildman–Crippen LogP) is 5.68. The minimum atomic E-state index is 0.620. The molecule has 0 saturated carbocycles. The molecule has 132 valence electrons. The molecular weight excluding hydrogens is 376 g/mol. The van der Waals surface area contributed by atoms with Crippen LogP contribution in [0.4, 0.5) is 16.5 Å². The largest absolute Gasteiger partial charge is 0.463 e. The SMILES string of the molecule is C(=N\c1nnc(CN2c3ccccc3Sc3ccccc32)s1)/c1ccco1. The van der Waals surface area contributed by atoms with Gasteiger partial charge in [-0.05, 0) is 36.4 Å². The van der Waals surface area contributed by atoms with Gasteiger partial charge in [0.25, 0.3) is 0 Å². The number of anilines is 2. The van der Waals surface area contributed by atoms with Gasteiger partial charge in [0.15, 0.2) is 0 Å². The van der Waals surface area contributed by atoms with E-state index < -0.39 is 0 Å². The number of hydrogen-bond donors (Lipinski definition) is 0. The van der Waals surface area contributed by atoms with Crippen LogP contribution in [0.3, 0.4) is 0 Å². The molecule has 0 aliphatic carbocycles. The van der Waals surface area contributed by atoms with Crippen molar-refractivity contribution in [3.05, 3.63) is 77.7 Å². The van der Waals surface area contributed by atoms with E-state index >= 15 is 0 Å². The molecule has 5 nitrogen and oxygen atoms in total. The molecule has 3 heterocycles. The maximum Gasteiger partial charge on any atom is 0.231 e. The highest BCUT2D eigenvalue weighted by atomic mass is 32.2. The Morgan fingerprint density at radius 2 is 1.67 bits per heavy atom. The van der Waals surface area contributed by atoms with E-state index in [0.717, 1.165) is 5.01 Å². The summed E-state index contributed by atoms with van der Waals surface area (Å²) in [5, 5.41) is 10.1. The normalized spacial score (nSPS) is 13.0. The summed E-state index contributed by atoms with van der Waals surface area (Å²) in [4.78, 5) is 9.14. The van der Waals surface area contributed by atoms with Crippen LogP contribution < -0.4 is 4.90 Å². The Hall–Kier alpha value is -2.90. The zero-order valence-electron chi connectivity index (χ0n) is 14.1. The van der Waals surface area contributed by atoms with Gasteiger partial charge in [0.05, 0.1) is 30.4 Å². The summed E-state index contributed by atoms with van der Waals surface area (Å²) in [6, 6.07) is 20.6. The second-order valence-electron chi connectivity index (χ2n) is 5.88. The van der Waals surface area contributed by atoms with Gasteiger partial charge in [-0.2, -0.15) is 0 Å². The molecule has 2 aromatic heterocycles. The van der Waals surface area contributed by atoms with Gasteiger partial charge in [0.1, 0.15) is 10.8 Å². The highest BCUT2D eigenvalue weighted by Gasteiger charge is 2.23. The quantitative estimate of drug-likeness (QED) is 0.419. The van der Waals surface area contributed by atoms with Crippen LogP contribution in [0.25, 0.3) is 0 Å². The molecule has 0 amide bonds. The van der Waals surface area contributed by atoms with Crippen LogP contribution in [0.1, 0.15) is 10.8 Å². The lowest BCUT2D eigenvalue weighted by molar-refractivity contribution is 0.560. The number of rotatable bonds is 4. The summed E-state index contributed by atoms with van der Waals surface area (Å²) in [6.07, 6.45) is 3.28. The predicted molar refractivity (Wildman–Crippen MR) is 109 cm³/mol. The summed E-state index contributed by atoms with van der Waals surface area (Å²) in [6.45, 7) is 0.655. The Balaban J connectivity index is 1.44. The van der Waals surface area contributed by atoms with Gasteiger partial charge < -0.3 is 9.32 Å². The maximum atomic E-state index is 5.26. The molecule has 27 heavy (non-hydrogen) atoms. The number of aromatic nitrogens is 2. The van der Waals surface area contributed by atoms with E-state index in [2.05, 4.69) is 68.6 Å². The van der Waals surface area contributed by atoms with Crippen LogP contribution in [0.2, 0.25) is 0 Å². The van der Waals surface area contributed by atoms with Gasteiger partial charge in [-0.25, -0.2) is 4.99 Å². The van der Waals surface area contributed by atoms with E-state index in [-0.39, 0.29) is 0 Å². The fourth-order valence-corrected chi connectivity index (χ4v) is 4.70. The highest BCUT2D eigenvalue weighted by molar-refractivity contribution is 7.99. The molecule has 0 unspecified atom stereocenters. The smallest absolute Gasteiger partial charge is 0.231 e. The summed E-state index contributed by atoms with van der Waals surface area (Å²) in [5.74, 6) is 0.697. The lowest BCUT2D eigenvalue weighted by Crippen LogP contribution is -2.20. The third-order valence-corrected chi connectivity index (χ3v) is 6.07. The van der Waals surface area contributed by atoms with Crippen LogP contribution in [0, 0.1) is 0 Å². The average molecular weight is 390 g/mol. The highest BCUT2D eigenvalue weighted by Crippen LogP contribution is 2.48. The monoisotopic (exact) mass is 390 g/mol. The van der Waals surface area contributed by atoms with Crippen LogP contribution in [0.15, 0.2) is 86.1 Å². The van der Waals surface area contributed by atoms with Crippen molar-refractivity contribution in [2.75, 3.05) is 4.90 Å². The number of aliphatic imine (C=N–C) groups is 1. The first-order valence-corrected chi connectivity index (χ1v) is 10.0. The van der Waals surface area contributed by atoms with Crippen molar-refractivity contribution in [3.8, 4) is 0 Å². The van der Waals surface area contributed by atoms with Crippen molar-refractivity contribution in [2.24, 2.45) is 4.99 Å². The molecule has 7 heteroatoms. The molecule has 2 aromatic carbocycles. The number of furan rings is 1. The van der Waals surface area contributed by atoms with Crippen molar-refractivity contribution in [3.63, 3.8) is 0 Å². The van der Waals surface area contributed by atoms with Crippen molar-refractivity contribution in [2.45, 2.75) is 16.3 Å². The first kappa shape index (κ1) is 16.3. The molecule has 4 aromatic rings. The Labute approximate surface area is 164 Å². The number of nitrogens with zero attached hydrogens (tertiary/aromatic N) is 4. The van der Waals surface area contributed by atoms with Crippen molar-refractivity contribution in [1.82, 2.24) is 10.2 Å². The zero-order chi connectivity index (χ0) is 18.1. The molecule has 5 rings (SSSR count). The lowest BCUT2D eigenvalue weighted by Gasteiger charge is -2.31. The molecule has 0 fully saturated rings. The van der Waals surface area contributed by atoms with Crippen molar-refractivity contribution in [1.29, 1.82) is 0 Å². The molecule has 0 saturated heterocycles. The topological polar surface area (TPSA) is 54.5 Å². The van der Waals surface area contributed by atoms with Gasteiger partial charge >= 0.3 is 0 Å². The third kappa shape index (κ3) is 3.27. The van der Waals surface area contributed by atoms with Gasteiger partial charge in [-0.15, -0.1) is 10.2 Å². The molecule has 0 bridgehead atoms. The Morgan fingerprint density at radius 3 is 2.37 bits per heavy atom. The van der Waals surface area contributed by atoms with E-state index in [1.165, 1.54) is 32.5 Å². The van der Waals surface area contributed by atoms with Gasteiger partial charge in [0.2, 0.25) is 5.13 Å². The molecule has 1 aliphatic rings. The van der Waals surface area contributed by atoms with Crippen molar-refractivity contribution >= 4 is 45.8 Å². The first-order valence-electron chi connectivity index (χ1n) is 8.40.